The van der Waals surface area contributed by atoms with Crippen LogP contribution >= 0.6 is 0 Å². The van der Waals surface area contributed by atoms with Crippen LogP contribution < -0.4 is 0 Å². The molecule has 2 aliphatic carbocycles. The van der Waals surface area contributed by atoms with E-state index in [1.54, 1.807) is 12.2 Å². The fourth-order valence-electron chi connectivity index (χ4n) is 2.67. The Kier molecular flexibility index (Phi) is 3.24. The van der Waals surface area contributed by atoms with Crippen LogP contribution in [0.1, 0.15) is 12.8 Å². The standard InChI is InChI=1S/C16H14O4/c17-13-3-1-2-11-6-7-20-14-5-4-10(9-15(18)19)8-12(14)16(11)13/h1-2,4-6,8,14H,3,7,9H2,(H,18,19). The summed E-state index contributed by atoms with van der Waals surface area (Å²) in [5, 5.41) is 8.89. The maximum Gasteiger partial charge on any atom is 0.307 e. The Labute approximate surface area is 116 Å². The normalized spacial score (nSPS) is 24.6. The molecule has 0 radical (unpaired) electrons. The molecule has 1 unspecified atom stereocenters. The van der Waals surface area contributed by atoms with Crippen LogP contribution in [0, 0.1) is 0 Å². The molecule has 1 aliphatic heterocycles. The van der Waals surface area contributed by atoms with Crippen LogP contribution in [0.25, 0.3) is 0 Å². The van der Waals surface area contributed by atoms with Crippen LogP contribution in [-0.4, -0.2) is 29.6 Å². The number of carboxylic acid groups (broad SMARTS) is 1. The summed E-state index contributed by atoms with van der Waals surface area (Å²) >= 11 is 0. The lowest BCUT2D eigenvalue weighted by atomic mass is 9.85. The summed E-state index contributed by atoms with van der Waals surface area (Å²) in [5.41, 5.74) is 3.01. The lowest BCUT2D eigenvalue weighted by molar-refractivity contribution is -0.136. The zero-order chi connectivity index (χ0) is 14.1. The summed E-state index contributed by atoms with van der Waals surface area (Å²) < 4.78 is 5.70. The Hall–Kier alpha value is -2.20. The minimum absolute atomic E-state index is 0.0525. The summed E-state index contributed by atoms with van der Waals surface area (Å²) in [6.07, 6.45) is 11.1. The van der Waals surface area contributed by atoms with E-state index in [0.29, 0.717) is 24.2 Å². The highest BCUT2D eigenvalue weighted by molar-refractivity contribution is 6.04. The van der Waals surface area contributed by atoms with E-state index >= 15 is 0 Å². The minimum atomic E-state index is -0.884. The third-order valence-corrected chi connectivity index (χ3v) is 3.52. The second-order valence-corrected chi connectivity index (χ2v) is 4.92. The molecule has 4 nitrogen and oxygen atoms in total. The SMILES string of the molecule is O=C(O)CC1=CC2=C3C(=O)CC=CC3=CCOC2C=C1. The Bertz CT molecular complexity index is 629. The van der Waals surface area contributed by atoms with Crippen molar-refractivity contribution >= 4 is 11.8 Å². The number of aliphatic carboxylic acids is 1. The predicted octanol–water partition coefficient (Wildman–Crippen LogP) is 2.11. The molecule has 0 spiro atoms. The monoisotopic (exact) mass is 270 g/mol. The number of allylic oxidation sites excluding steroid dienone is 5. The molecule has 0 saturated heterocycles. The number of hydrogen-bond donors (Lipinski definition) is 1. The van der Waals surface area contributed by atoms with E-state index in [2.05, 4.69) is 0 Å². The molecule has 0 saturated carbocycles. The molecular weight excluding hydrogens is 256 g/mol. The van der Waals surface area contributed by atoms with Gasteiger partial charge in [-0.2, -0.15) is 0 Å². The predicted molar refractivity (Wildman–Crippen MR) is 73.1 cm³/mol. The number of fused-ring (bicyclic) bond motifs is 2. The molecule has 4 heteroatoms. The van der Waals surface area contributed by atoms with Gasteiger partial charge in [0.15, 0.2) is 5.78 Å². The molecule has 1 heterocycles. The Morgan fingerprint density at radius 1 is 1.40 bits per heavy atom. The summed E-state index contributed by atoms with van der Waals surface area (Å²) in [6, 6.07) is 0. The number of carbonyl (C=O) groups is 2. The molecule has 0 aromatic carbocycles. The zero-order valence-electron chi connectivity index (χ0n) is 10.8. The topological polar surface area (TPSA) is 63.6 Å². The number of carboxylic acids is 1. The van der Waals surface area contributed by atoms with Gasteiger partial charge < -0.3 is 9.84 Å². The van der Waals surface area contributed by atoms with Crippen LogP contribution in [0.5, 0.6) is 0 Å². The van der Waals surface area contributed by atoms with Gasteiger partial charge in [0.05, 0.1) is 13.0 Å². The molecule has 0 bridgehead atoms. The van der Waals surface area contributed by atoms with Gasteiger partial charge in [0, 0.05) is 12.0 Å². The maximum absolute atomic E-state index is 12.2. The summed E-state index contributed by atoms with van der Waals surface area (Å²) in [4.78, 5) is 23.0. The van der Waals surface area contributed by atoms with E-state index < -0.39 is 5.97 Å². The van der Waals surface area contributed by atoms with Gasteiger partial charge in [-0.05, 0) is 16.7 Å². The molecule has 0 amide bonds. The lowest BCUT2D eigenvalue weighted by Gasteiger charge is -2.21. The molecule has 102 valence electrons. The maximum atomic E-state index is 12.2. The van der Waals surface area contributed by atoms with Crippen LogP contribution in [0.3, 0.4) is 0 Å². The van der Waals surface area contributed by atoms with Crippen molar-refractivity contribution in [1.29, 1.82) is 0 Å². The first kappa shape index (κ1) is 12.8. The number of ether oxygens (including phenoxy) is 1. The molecule has 0 fully saturated rings. The van der Waals surface area contributed by atoms with E-state index in [-0.39, 0.29) is 18.3 Å². The first-order valence-electron chi connectivity index (χ1n) is 6.52. The number of hydrogen-bond acceptors (Lipinski definition) is 3. The van der Waals surface area contributed by atoms with Gasteiger partial charge in [-0.1, -0.05) is 36.5 Å². The third kappa shape index (κ3) is 2.30. The lowest BCUT2D eigenvalue weighted by Crippen LogP contribution is -2.19. The molecule has 1 N–H and O–H groups in total. The average Bonchev–Trinajstić information content (AvgIpc) is 2.58. The van der Waals surface area contributed by atoms with Crippen molar-refractivity contribution in [3.8, 4) is 0 Å². The second kappa shape index (κ2) is 5.06. The number of carbonyl (C=O) groups excluding carboxylic acids is 1. The average molecular weight is 270 g/mol. The fraction of sp³-hybridized carbons (Fsp3) is 0.250. The van der Waals surface area contributed by atoms with Crippen molar-refractivity contribution in [3.63, 3.8) is 0 Å². The minimum Gasteiger partial charge on any atom is -0.481 e. The fourth-order valence-corrected chi connectivity index (χ4v) is 2.67. The van der Waals surface area contributed by atoms with Crippen molar-refractivity contribution in [1.82, 2.24) is 0 Å². The largest absolute Gasteiger partial charge is 0.481 e. The molecule has 3 aliphatic rings. The van der Waals surface area contributed by atoms with Crippen LogP contribution in [0.4, 0.5) is 0 Å². The van der Waals surface area contributed by atoms with Gasteiger partial charge in [0.2, 0.25) is 0 Å². The molecule has 0 aromatic rings. The molecule has 1 atom stereocenters. The Morgan fingerprint density at radius 2 is 2.25 bits per heavy atom. The van der Waals surface area contributed by atoms with E-state index in [4.69, 9.17) is 9.84 Å². The van der Waals surface area contributed by atoms with Gasteiger partial charge in [-0.3, -0.25) is 9.59 Å². The highest BCUT2D eigenvalue weighted by atomic mass is 16.5. The van der Waals surface area contributed by atoms with Gasteiger partial charge in [0.25, 0.3) is 0 Å². The van der Waals surface area contributed by atoms with Crippen molar-refractivity contribution < 1.29 is 19.4 Å². The van der Waals surface area contributed by atoms with Gasteiger partial charge in [0.1, 0.15) is 6.10 Å². The van der Waals surface area contributed by atoms with Crippen molar-refractivity contribution in [2.24, 2.45) is 0 Å². The highest BCUT2D eigenvalue weighted by Gasteiger charge is 2.27. The van der Waals surface area contributed by atoms with Crippen LogP contribution in [-0.2, 0) is 14.3 Å². The third-order valence-electron chi connectivity index (χ3n) is 3.52. The highest BCUT2D eigenvalue weighted by Crippen LogP contribution is 2.33. The van der Waals surface area contributed by atoms with E-state index in [9.17, 15) is 9.59 Å². The van der Waals surface area contributed by atoms with Crippen LogP contribution in [0.2, 0.25) is 0 Å². The first-order chi connectivity index (χ1) is 9.65. The van der Waals surface area contributed by atoms with Crippen molar-refractivity contribution in [2.45, 2.75) is 18.9 Å². The van der Waals surface area contributed by atoms with Crippen LogP contribution in [0.15, 0.2) is 58.7 Å². The molecule has 0 aromatic heterocycles. The summed E-state index contributed by atoms with van der Waals surface area (Å²) in [5.74, 6) is -0.824. The van der Waals surface area contributed by atoms with Crippen molar-refractivity contribution in [3.05, 3.63) is 58.7 Å². The number of rotatable bonds is 2. The quantitative estimate of drug-likeness (QED) is 0.834. The Balaban J connectivity index is 2.09. The van der Waals surface area contributed by atoms with Gasteiger partial charge in [-0.15, -0.1) is 0 Å². The summed E-state index contributed by atoms with van der Waals surface area (Å²) in [7, 11) is 0. The summed E-state index contributed by atoms with van der Waals surface area (Å²) in [6.45, 7) is 0.442. The number of ketones is 1. The van der Waals surface area contributed by atoms with E-state index in [1.165, 1.54) is 0 Å². The zero-order valence-corrected chi connectivity index (χ0v) is 10.8. The molecular formula is C16H14O4. The molecule has 3 rings (SSSR count). The van der Waals surface area contributed by atoms with E-state index in [1.807, 2.05) is 24.3 Å². The first-order valence-corrected chi connectivity index (χ1v) is 6.52. The van der Waals surface area contributed by atoms with Crippen molar-refractivity contribution in [2.75, 3.05) is 6.61 Å². The van der Waals surface area contributed by atoms with Gasteiger partial charge >= 0.3 is 5.97 Å². The smallest absolute Gasteiger partial charge is 0.307 e. The molecule has 20 heavy (non-hydrogen) atoms. The Morgan fingerprint density at radius 3 is 3.05 bits per heavy atom. The van der Waals surface area contributed by atoms with E-state index in [0.717, 1.165) is 11.1 Å². The number of Topliss-reactive ketones (excluding diaryl/α,β-unsaturated/α-hetero) is 1. The second-order valence-electron chi connectivity index (χ2n) is 4.92. The van der Waals surface area contributed by atoms with Gasteiger partial charge in [-0.25, -0.2) is 0 Å².